The Bertz CT molecular complexity index is 627. The highest BCUT2D eigenvalue weighted by Gasteiger charge is 2.34. The number of hydrogen-bond acceptors (Lipinski definition) is 5. The molecule has 2 unspecified atom stereocenters. The van der Waals surface area contributed by atoms with E-state index in [-0.39, 0.29) is 24.0 Å². The van der Waals surface area contributed by atoms with E-state index in [0.29, 0.717) is 13.0 Å². The van der Waals surface area contributed by atoms with E-state index in [1.807, 2.05) is 45.9 Å². The van der Waals surface area contributed by atoms with Gasteiger partial charge in [-0.15, -0.1) is 0 Å². The molecule has 6 heteroatoms. The number of nitrogens with zero attached hydrogens (tertiary/aromatic N) is 1. The molecule has 0 saturated carbocycles. The highest BCUT2D eigenvalue weighted by atomic mass is 16.6. The van der Waals surface area contributed by atoms with Crippen LogP contribution >= 0.6 is 0 Å². The van der Waals surface area contributed by atoms with Gasteiger partial charge in [-0.25, -0.2) is 4.79 Å². The molecule has 0 bridgehead atoms. The summed E-state index contributed by atoms with van der Waals surface area (Å²) in [6.07, 6.45) is 1.66. The third-order valence-corrected chi connectivity index (χ3v) is 4.73. The number of carbonyl (C=O) groups excluding carboxylic acids is 2. The number of carbonyl (C=O) groups is 2. The Morgan fingerprint density at radius 1 is 1.18 bits per heavy atom. The summed E-state index contributed by atoms with van der Waals surface area (Å²) >= 11 is 0. The maximum atomic E-state index is 12.3. The minimum atomic E-state index is -0.522. The second-order valence-corrected chi connectivity index (χ2v) is 8.39. The largest absolute Gasteiger partial charge is 0.466 e. The molecule has 1 saturated heterocycles. The van der Waals surface area contributed by atoms with E-state index < -0.39 is 5.60 Å². The average molecular weight is 391 g/mol. The number of hydrogen-bond donors (Lipinski definition) is 1. The molecule has 156 valence electrons. The molecule has 1 heterocycles. The molecular formula is C22H34N2O4. The SMILES string of the molecule is CCOC(=O)CCCC1CN(Cc2ccccc2)CC1NC(=O)OC(C)(C)C. The molecule has 2 rings (SSSR count). The molecule has 1 aromatic rings. The van der Waals surface area contributed by atoms with Gasteiger partial charge in [-0.2, -0.15) is 0 Å². The van der Waals surface area contributed by atoms with Crippen molar-refractivity contribution in [3.63, 3.8) is 0 Å². The van der Waals surface area contributed by atoms with Crippen molar-refractivity contribution in [1.29, 1.82) is 0 Å². The first-order chi connectivity index (χ1) is 13.3. The van der Waals surface area contributed by atoms with Crippen LogP contribution < -0.4 is 5.32 Å². The predicted molar refractivity (Wildman–Crippen MR) is 109 cm³/mol. The fourth-order valence-corrected chi connectivity index (χ4v) is 3.59. The summed E-state index contributed by atoms with van der Waals surface area (Å²) in [6.45, 7) is 10.3. The van der Waals surface area contributed by atoms with Gasteiger partial charge in [0.1, 0.15) is 5.60 Å². The molecule has 28 heavy (non-hydrogen) atoms. The maximum Gasteiger partial charge on any atom is 0.407 e. The summed E-state index contributed by atoms with van der Waals surface area (Å²) in [5, 5.41) is 3.05. The molecule has 0 spiro atoms. The summed E-state index contributed by atoms with van der Waals surface area (Å²) in [4.78, 5) is 26.2. The van der Waals surface area contributed by atoms with Crippen molar-refractivity contribution in [3.8, 4) is 0 Å². The van der Waals surface area contributed by atoms with Crippen LogP contribution in [0.3, 0.4) is 0 Å². The van der Waals surface area contributed by atoms with Crippen LogP contribution in [0, 0.1) is 5.92 Å². The van der Waals surface area contributed by atoms with Gasteiger partial charge < -0.3 is 14.8 Å². The van der Waals surface area contributed by atoms with E-state index in [2.05, 4.69) is 22.3 Å². The van der Waals surface area contributed by atoms with Crippen molar-refractivity contribution < 1.29 is 19.1 Å². The summed E-state index contributed by atoms with van der Waals surface area (Å²) < 4.78 is 10.4. The van der Waals surface area contributed by atoms with E-state index in [1.54, 1.807) is 0 Å². The molecule has 1 fully saturated rings. The van der Waals surface area contributed by atoms with Crippen molar-refractivity contribution >= 4 is 12.1 Å². The second kappa shape index (κ2) is 10.5. The van der Waals surface area contributed by atoms with Gasteiger partial charge >= 0.3 is 12.1 Å². The van der Waals surface area contributed by atoms with E-state index in [1.165, 1.54) is 5.56 Å². The number of alkyl carbamates (subject to hydrolysis) is 1. The molecule has 1 aliphatic rings. The third kappa shape index (κ3) is 7.89. The Hall–Kier alpha value is -2.08. The van der Waals surface area contributed by atoms with E-state index in [0.717, 1.165) is 32.5 Å². The van der Waals surface area contributed by atoms with Crippen LogP contribution in [0.5, 0.6) is 0 Å². The zero-order valence-electron chi connectivity index (χ0n) is 17.6. The van der Waals surface area contributed by atoms with Gasteiger partial charge in [-0.05, 0) is 52.0 Å². The topological polar surface area (TPSA) is 67.9 Å². The van der Waals surface area contributed by atoms with Crippen molar-refractivity contribution in [2.45, 2.75) is 65.1 Å². The fourth-order valence-electron chi connectivity index (χ4n) is 3.59. The third-order valence-electron chi connectivity index (χ3n) is 4.73. The molecule has 0 aromatic heterocycles. The zero-order chi connectivity index (χ0) is 20.6. The van der Waals surface area contributed by atoms with E-state index in [9.17, 15) is 9.59 Å². The Balaban J connectivity index is 1.93. The Labute approximate surface area is 168 Å². The minimum Gasteiger partial charge on any atom is -0.466 e. The van der Waals surface area contributed by atoms with Crippen LogP contribution in [0.15, 0.2) is 30.3 Å². The smallest absolute Gasteiger partial charge is 0.407 e. The van der Waals surface area contributed by atoms with Crippen molar-refractivity contribution in [2.24, 2.45) is 5.92 Å². The Kier molecular flexibility index (Phi) is 8.30. The lowest BCUT2D eigenvalue weighted by atomic mass is 9.97. The molecule has 0 aliphatic carbocycles. The molecule has 1 aliphatic heterocycles. The number of rotatable bonds is 8. The lowest BCUT2D eigenvalue weighted by Gasteiger charge is -2.24. The summed E-state index contributed by atoms with van der Waals surface area (Å²) in [5.74, 6) is 0.129. The first-order valence-electron chi connectivity index (χ1n) is 10.2. The highest BCUT2D eigenvalue weighted by Crippen LogP contribution is 2.25. The molecular weight excluding hydrogens is 356 g/mol. The number of amides is 1. The number of ether oxygens (including phenoxy) is 2. The van der Waals surface area contributed by atoms with Crippen LogP contribution in [-0.4, -0.2) is 48.3 Å². The van der Waals surface area contributed by atoms with Crippen LogP contribution in [0.1, 0.15) is 52.5 Å². The number of benzene rings is 1. The minimum absolute atomic E-state index is 0.0146. The lowest BCUT2D eigenvalue weighted by Crippen LogP contribution is -2.43. The molecule has 6 nitrogen and oxygen atoms in total. The Morgan fingerprint density at radius 3 is 2.54 bits per heavy atom. The van der Waals surface area contributed by atoms with Crippen LogP contribution in [0.4, 0.5) is 4.79 Å². The summed E-state index contributed by atoms with van der Waals surface area (Å²) in [7, 11) is 0. The molecule has 2 atom stereocenters. The van der Waals surface area contributed by atoms with Crippen LogP contribution in [0.25, 0.3) is 0 Å². The molecule has 0 radical (unpaired) electrons. The Morgan fingerprint density at radius 2 is 1.89 bits per heavy atom. The molecule has 1 N–H and O–H groups in total. The lowest BCUT2D eigenvalue weighted by molar-refractivity contribution is -0.143. The summed E-state index contributed by atoms with van der Waals surface area (Å²) in [5.41, 5.74) is 0.733. The number of nitrogens with one attached hydrogen (secondary N) is 1. The highest BCUT2D eigenvalue weighted by molar-refractivity contribution is 5.69. The fraction of sp³-hybridized carbons (Fsp3) is 0.636. The van der Waals surface area contributed by atoms with E-state index in [4.69, 9.17) is 9.47 Å². The number of likely N-dealkylation sites (tertiary alicyclic amines) is 1. The summed E-state index contributed by atoms with van der Waals surface area (Å²) in [6, 6.07) is 10.3. The van der Waals surface area contributed by atoms with Crippen molar-refractivity contribution in [3.05, 3.63) is 35.9 Å². The predicted octanol–water partition coefficient (Wildman–Crippen LogP) is 3.75. The first kappa shape index (κ1) is 22.2. The zero-order valence-corrected chi connectivity index (χ0v) is 17.6. The number of esters is 1. The van der Waals surface area contributed by atoms with Gasteiger partial charge in [-0.1, -0.05) is 30.3 Å². The normalized spacial score (nSPS) is 20.0. The second-order valence-electron chi connectivity index (χ2n) is 8.39. The van der Waals surface area contributed by atoms with Crippen molar-refractivity contribution in [1.82, 2.24) is 10.2 Å². The van der Waals surface area contributed by atoms with Gasteiger partial charge in [0.2, 0.25) is 0 Å². The quantitative estimate of drug-likeness (QED) is 0.685. The van der Waals surface area contributed by atoms with Gasteiger partial charge in [0.25, 0.3) is 0 Å². The molecule has 1 aromatic carbocycles. The van der Waals surface area contributed by atoms with Crippen molar-refractivity contribution in [2.75, 3.05) is 19.7 Å². The van der Waals surface area contributed by atoms with Crippen LogP contribution in [0.2, 0.25) is 0 Å². The molecule has 1 amide bonds. The van der Waals surface area contributed by atoms with E-state index >= 15 is 0 Å². The standard InChI is InChI=1S/C22H34N2O4/c1-5-27-20(25)13-9-12-18-15-24(14-17-10-7-6-8-11-17)16-19(18)23-21(26)28-22(2,3)4/h6-8,10-11,18-19H,5,9,12-16H2,1-4H3,(H,23,26). The maximum absolute atomic E-state index is 12.3. The van der Waals surface area contributed by atoms with Gasteiger partial charge in [0, 0.05) is 32.1 Å². The monoisotopic (exact) mass is 390 g/mol. The van der Waals surface area contributed by atoms with Gasteiger partial charge in [0.15, 0.2) is 0 Å². The van der Waals surface area contributed by atoms with Gasteiger partial charge in [-0.3, -0.25) is 9.69 Å². The van der Waals surface area contributed by atoms with Gasteiger partial charge in [0.05, 0.1) is 6.61 Å². The van der Waals surface area contributed by atoms with Crippen LogP contribution in [-0.2, 0) is 20.8 Å². The average Bonchev–Trinajstić information content (AvgIpc) is 2.95. The first-order valence-corrected chi connectivity index (χ1v) is 10.2.